The van der Waals surface area contributed by atoms with Gasteiger partial charge in [-0.15, -0.1) is 0 Å². The lowest BCUT2D eigenvalue weighted by Gasteiger charge is -2.09. The number of hydrogen-bond acceptors (Lipinski definition) is 4. The molecule has 31 heavy (non-hydrogen) atoms. The van der Waals surface area contributed by atoms with E-state index in [-0.39, 0.29) is 11.7 Å². The number of halogens is 1. The lowest BCUT2D eigenvalue weighted by Crippen LogP contribution is -2.20. The maximum Gasteiger partial charge on any atom is 0.250 e. The van der Waals surface area contributed by atoms with Gasteiger partial charge in [0.1, 0.15) is 0 Å². The van der Waals surface area contributed by atoms with E-state index in [2.05, 4.69) is 15.1 Å². The van der Waals surface area contributed by atoms with Crippen LogP contribution in [0.5, 0.6) is 0 Å². The highest BCUT2D eigenvalue weighted by atomic mass is 35.5. The van der Waals surface area contributed by atoms with Crippen molar-refractivity contribution in [3.05, 3.63) is 94.5 Å². The fraction of sp³-hybridized carbons (Fsp3) is 0.125. The molecule has 4 aromatic rings. The zero-order valence-electron chi connectivity index (χ0n) is 17.0. The third kappa shape index (κ3) is 5.34. The van der Waals surface area contributed by atoms with E-state index in [1.165, 1.54) is 11.8 Å². The Kier molecular flexibility index (Phi) is 6.70. The van der Waals surface area contributed by atoms with Crippen LogP contribution in [0.3, 0.4) is 0 Å². The number of carbonyl (C=O) groups excluding carboxylic acids is 1. The minimum atomic E-state index is -0.181. The zero-order valence-corrected chi connectivity index (χ0v) is 18.5. The van der Waals surface area contributed by atoms with Crippen LogP contribution < -0.4 is 5.43 Å². The first kappa shape index (κ1) is 21.2. The lowest BCUT2D eigenvalue weighted by molar-refractivity contribution is -0.118. The minimum Gasteiger partial charge on any atom is -0.314 e. The molecule has 4 rings (SSSR count). The fourth-order valence-corrected chi connectivity index (χ4v) is 4.09. The van der Waals surface area contributed by atoms with Gasteiger partial charge >= 0.3 is 0 Å². The van der Waals surface area contributed by atoms with Crippen molar-refractivity contribution in [1.82, 2.24) is 15.0 Å². The maximum absolute atomic E-state index is 12.3. The Morgan fingerprint density at radius 3 is 2.65 bits per heavy atom. The van der Waals surface area contributed by atoms with Crippen LogP contribution in [-0.4, -0.2) is 27.4 Å². The number of nitrogens with one attached hydrogen (secondary N) is 1. The molecule has 0 spiro atoms. The number of amides is 1. The quantitative estimate of drug-likeness (QED) is 0.237. The van der Waals surface area contributed by atoms with Crippen LogP contribution in [-0.2, 0) is 11.3 Å². The number of nitrogens with zero attached hydrogens (tertiary/aromatic N) is 3. The second-order valence-electron chi connectivity index (χ2n) is 7.03. The topological polar surface area (TPSA) is 59.3 Å². The second kappa shape index (κ2) is 9.81. The molecule has 0 fully saturated rings. The summed E-state index contributed by atoms with van der Waals surface area (Å²) in [6, 6.07) is 23.6. The molecule has 3 aromatic carbocycles. The van der Waals surface area contributed by atoms with Crippen LogP contribution in [0.15, 0.2) is 83.1 Å². The number of thioether (sulfide) groups is 1. The second-order valence-corrected chi connectivity index (χ2v) is 8.41. The Morgan fingerprint density at radius 1 is 1.10 bits per heavy atom. The summed E-state index contributed by atoms with van der Waals surface area (Å²) < 4.78 is 2.12. The van der Waals surface area contributed by atoms with Crippen molar-refractivity contribution < 1.29 is 4.79 Å². The molecule has 1 N–H and O–H groups in total. The molecular weight excluding hydrogens is 428 g/mol. The number of hydrazone groups is 1. The number of carbonyl (C=O) groups is 1. The van der Waals surface area contributed by atoms with Crippen molar-refractivity contribution in [2.75, 3.05) is 5.75 Å². The monoisotopic (exact) mass is 448 g/mol. The third-order valence-electron chi connectivity index (χ3n) is 4.79. The van der Waals surface area contributed by atoms with E-state index in [0.717, 1.165) is 32.9 Å². The summed E-state index contributed by atoms with van der Waals surface area (Å²) in [4.78, 5) is 17.0. The van der Waals surface area contributed by atoms with Crippen molar-refractivity contribution in [1.29, 1.82) is 0 Å². The Hall–Kier alpha value is -3.09. The van der Waals surface area contributed by atoms with Gasteiger partial charge in [0.2, 0.25) is 0 Å². The molecule has 0 radical (unpaired) electrons. The van der Waals surface area contributed by atoms with Gasteiger partial charge in [0, 0.05) is 5.02 Å². The summed E-state index contributed by atoms with van der Waals surface area (Å²) >= 11 is 7.41. The molecular formula is C24H21ClN4OS. The maximum atomic E-state index is 12.3. The molecule has 0 aliphatic rings. The number of benzene rings is 3. The van der Waals surface area contributed by atoms with Crippen molar-refractivity contribution in [3.8, 4) is 0 Å². The van der Waals surface area contributed by atoms with Crippen molar-refractivity contribution in [2.45, 2.75) is 18.6 Å². The van der Waals surface area contributed by atoms with E-state index in [1.54, 1.807) is 6.21 Å². The summed E-state index contributed by atoms with van der Waals surface area (Å²) in [6.45, 7) is 2.65. The highest BCUT2D eigenvalue weighted by Crippen LogP contribution is 2.25. The predicted molar refractivity (Wildman–Crippen MR) is 128 cm³/mol. The van der Waals surface area contributed by atoms with Crippen LogP contribution in [0.2, 0.25) is 5.02 Å². The van der Waals surface area contributed by atoms with Gasteiger partial charge in [-0.1, -0.05) is 71.9 Å². The van der Waals surface area contributed by atoms with E-state index >= 15 is 0 Å². The Balaban J connectivity index is 1.46. The van der Waals surface area contributed by atoms with E-state index in [0.29, 0.717) is 11.6 Å². The summed E-state index contributed by atoms with van der Waals surface area (Å²) in [5.74, 6) is 0.0367. The number of rotatable bonds is 7. The van der Waals surface area contributed by atoms with E-state index in [9.17, 15) is 4.79 Å². The van der Waals surface area contributed by atoms with E-state index in [4.69, 9.17) is 16.6 Å². The van der Waals surface area contributed by atoms with Gasteiger partial charge in [-0.3, -0.25) is 4.79 Å². The minimum absolute atomic E-state index is 0.181. The first-order chi connectivity index (χ1) is 15.1. The summed E-state index contributed by atoms with van der Waals surface area (Å²) in [7, 11) is 0. The zero-order chi connectivity index (χ0) is 21.6. The number of hydrogen-bond donors (Lipinski definition) is 1. The Labute approximate surface area is 190 Å². The highest BCUT2D eigenvalue weighted by Gasteiger charge is 2.13. The van der Waals surface area contributed by atoms with E-state index in [1.807, 2.05) is 79.7 Å². The number of imidazole rings is 1. The molecule has 0 aliphatic heterocycles. The first-order valence-electron chi connectivity index (χ1n) is 9.80. The number of fused-ring (bicyclic) bond motifs is 1. The van der Waals surface area contributed by atoms with Crippen LogP contribution in [0, 0.1) is 6.92 Å². The fourth-order valence-electron chi connectivity index (χ4n) is 3.16. The summed E-state index contributed by atoms with van der Waals surface area (Å²) in [5.41, 5.74) is 7.71. The molecule has 1 aromatic heterocycles. The third-order valence-corrected chi connectivity index (χ3v) is 6.02. The van der Waals surface area contributed by atoms with Gasteiger partial charge in [0.05, 0.1) is 29.5 Å². The molecule has 0 saturated heterocycles. The molecule has 1 amide bonds. The van der Waals surface area contributed by atoms with Crippen LogP contribution >= 0.6 is 23.4 Å². The van der Waals surface area contributed by atoms with Gasteiger partial charge in [0.25, 0.3) is 5.91 Å². The molecule has 0 aliphatic carbocycles. The molecule has 5 nitrogen and oxygen atoms in total. The average molecular weight is 449 g/mol. The molecule has 156 valence electrons. The average Bonchev–Trinajstić information content (AvgIpc) is 3.12. The van der Waals surface area contributed by atoms with Crippen LogP contribution in [0.1, 0.15) is 16.7 Å². The normalized spacial score (nSPS) is 11.3. The molecule has 7 heteroatoms. The smallest absolute Gasteiger partial charge is 0.250 e. The molecule has 1 heterocycles. The standard InChI is InChI=1S/C24H21ClN4OS/c1-17-6-2-3-7-19(17)14-26-28-23(30)16-31-24-27-21-8-4-5-9-22(21)29(24)15-18-10-12-20(25)13-11-18/h2-14H,15-16H2,1H3,(H,28,30)/b26-14-. The van der Waals surface area contributed by atoms with Crippen LogP contribution in [0.25, 0.3) is 11.0 Å². The molecule has 0 saturated carbocycles. The first-order valence-corrected chi connectivity index (χ1v) is 11.2. The van der Waals surface area contributed by atoms with Crippen molar-refractivity contribution in [3.63, 3.8) is 0 Å². The Morgan fingerprint density at radius 2 is 1.84 bits per heavy atom. The predicted octanol–water partition coefficient (Wildman–Crippen LogP) is 5.29. The number of aromatic nitrogens is 2. The van der Waals surface area contributed by atoms with Gasteiger partial charge < -0.3 is 4.57 Å². The molecule has 0 unspecified atom stereocenters. The van der Waals surface area contributed by atoms with Crippen LogP contribution in [0.4, 0.5) is 0 Å². The molecule has 0 atom stereocenters. The number of aryl methyl sites for hydroxylation is 1. The van der Waals surface area contributed by atoms with Crippen molar-refractivity contribution >= 4 is 46.5 Å². The van der Waals surface area contributed by atoms with Gasteiger partial charge in [0.15, 0.2) is 5.16 Å². The largest absolute Gasteiger partial charge is 0.314 e. The highest BCUT2D eigenvalue weighted by molar-refractivity contribution is 7.99. The number of para-hydroxylation sites is 2. The van der Waals surface area contributed by atoms with Crippen molar-refractivity contribution in [2.24, 2.45) is 5.10 Å². The molecule has 0 bridgehead atoms. The summed E-state index contributed by atoms with van der Waals surface area (Å²) in [5, 5.41) is 5.57. The Bertz CT molecular complexity index is 1230. The van der Waals surface area contributed by atoms with Gasteiger partial charge in [-0.05, 0) is 47.9 Å². The SMILES string of the molecule is Cc1ccccc1/C=N\NC(=O)CSc1nc2ccccc2n1Cc1ccc(Cl)cc1. The lowest BCUT2D eigenvalue weighted by atomic mass is 10.1. The summed E-state index contributed by atoms with van der Waals surface area (Å²) in [6.07, 6.45) is 1.66. The van der Waals surface area contributed by atoms with E-state index < -0.39 is 0 Å². The van der Waals surface area contributed by atoms with Gasteiger partial charge in [-0.25, -0.2) is 10.4 Å². The van der Waals surface area contributed by atoms with Gasteiger partial charge in [-0.2, -0.15) is 5.10 Å².